The number of fused-ring (bicyclic) bond motifs is 1. The van der Waals surface area contributed by atoms with Crippen LogP contribution in [0.15, 0.2) is 42.0 Å². The first-order valence-electron chi connectivity index (χ1n) is 14.2. The zero-order valence-electron chi connectivity index (χ0n) is 24.1. The molecule has 2 fully saturated rings. The van der Waals surface area contributed by atoms with Gasteiger partial charge in [0.1, 0.15) is 12.4 Å². The maximum Gasteiger partial charge on any atom is 0.405 e. The number of aromatic nitrogens is 1. The van der Waals surface area contributed by atoms with Crippen molar-refractivity contribution in [1.29, 1.82) is 5.41 Å². The van der Waals surface area contributed by atoms with Gasteiger partial charge < -0.3 is 4.90 Å². The molecule has 0 amide bonds. The van der Waals surface area contributed by atoms with Gasteiger partial charge >= 0.3 is 148 Å². The van der Waals surface area contributed by atoms with Gasteiger partial charge in [-0.15, -0.1) is 0 Å². The Hall–Kier alpha value is -2.26. The molecule has 7 nitrogen and oxygen atoms in total. The van der Waals surface area contributed by atoms with Crippen molar-refractivity contribution in [2.75, 3.05) is 30.3 Å². The Morgan fingerprint density at radius 1 is 1.30 bits per heavy atom. The summed E-state index contributed by atoms with van der Waals surface area (Å²) in [6.07, 6.45) is 0.0729. The second kappa shape index (κ2) is 12.6. The first kappa shape index (κ1) is 32.1. The number of nitrogens with one attached hydrogen (secondary N) is 1. The molecular formula is C30H34ClF4N6OPb. The molecule has 13 heteroatoms. The van der Waals surface area contributed by atoms with E-state index in [-0.39, 0.29) is 39.5 Å². The summed E-state index contributed by atoms with van der Waals surface area (Å²) in [7, 11) is 0. The van der Waals surface area contributed by atoms with Crippen LogP contribution in [0.2, 0.25) is 0 Å². The molecule has 2 aromatic rings. The molecule has 0 atom stereocenters. The van der Waals surface area contributed by atoms with E-state index in [0.717, 1.165) is 84.6 Å². The van der Waals surface area contributed by atoms with Crippen molar-refractivity contribution in [2.24, 2.45) is 10.4 Å². The number of alkyl halides is 3. The number of nitrogens with zero attached hydrogens (tertiary/aromatic N) is 5. The maximum absolute atomic E-state index is 14.3. The molecule has 1 spiro atoms. The molecule has 3 radical (unpaired) electrons. The second-order valence-electron chi connectivity index (χ2n) is 11.9. The summed E-state index contributed by atoms with van der Waals surface area (Å²) in [4.78, 5) is 14.5. The number of hydrogen-bond donors (Lipinski definition) is 1. The van der Waals surface area contributed by atoms with Crippen LogP contribution in [0.25, 0.3) is 5.70 Å². The van der Waals surface area contributed by atoms with Crippen LogP contribution in [0.5, 0.6) is 5.75 Å². The third-order valence-corrected chi connectivity index (χ3v) is 10.3. The minimum atomic E-state index is -4.47. The molecule has 0 bridgehead atoms. The van der Waals surface area contributed by atoms with Gasteiger partial charge in [0.15, 0.2) is 5.17 Å². The molecule has 1 N–H and O–H groups in total. The standard InChI is InChI=1S/C30H34ClF4N6O.Pb/c1-18(2)41(17-30(33,34)35)19(3)22-11-20(32)5-6-25(22)38-28(27(31)36)40-15-29(16-40)12-21(13-29)42-26-7-9-37-24-8-10-39(4)14-23(24)26;/h5-7,9,11,18,21,36H,3-4,8,10,12-17H2,1-2H3;. The zero-order chi connectivity index (χ0) is 31.1. The van der Waals surface area contributed by atoms with Crippen molar-refractivity contribution < 1.29 is 22.3 Å². The van der Waals surface area contributed by atoms with E-state index in [9.17, 15) is 17.6 Å². The maximum atomic E-state index is 14.3. The quantitative estimate of drug-likeness (QED) is 0.152. The normalized spacial score (nSPS) is 18.7. The molecule has 3 aliphatic rings. The van der Waals surface area contributed by atoms with Crippen LogP contribution in [-0.2, 0) is 13.0 Å². The van der Waals surface area contributed by atoms with Crippen molar-refractivity contribution in [3.05, 3.63) is 59.7 Å². The third-order valence-electron chi connectivity index (χ3n) is 8.35. The van der Waals surface area contributed by atoms with Crippen molar-refractivity contribution in [3.8, 4) is 5.75 Å². The monoisotopic (exact) mass is 813 g/mol. The first-order chi connectivity index (χ1) is 20.3. The van der Waals surface area contributed by atoms with Gasteiger partial charge in [-0.1, -0.05) is 18.2 Å². The molecule has 1 aliphatic carbocycles. The summed E-state index contributed by atoms with van der Waals surface area (Å²) < 4.78 is 61.8. The number of ether oxygens (including phenoxy) is 1. The summed E-state index contributed by atoms with van der Waals surface area (Å²) in [6, 6.07) is 5.08. The molecule has 5 rings (SSSR count). The molecule has 229 valence electrons. The number of amidine groups is 1. The molecule has 1 aromatic carbocycles. The molecule has 0 unspecified atom stereocenters. The second-order valence-corrected chi connectivity index (χ2v) is 13.5. The van der Waals surface area contributed by atoms with Crippen LogP contribution in [0.4, 0.5) is 23.2 Å². The van der Waals surface area contributed by atoms with E-state index in [4.69, 9.17) is 21.7 Å². The molecule has 2 aliphatic heterocycles. The van der Waals surface area contributed by atoms with Crippen LogP contribution in [0, 0.1) is 16.6 Å². The van der Waals surface area contributed by atoms with Crippen LogP contribution in [0.1, 0.15) is 43.5 Å². The van der Waals surface area contributed by atoms with Crippen molar-refractivity contribution in [3.63, 3.8) is 0 Å². The minimum absolute atomic E-state index is 0.00692. The molecule has 1 aromatic heterocycles. The van der Waals surface area contributed by atoms with E-state index >= 15 is 0 Å². The smallest absolute Gasteiger partial charge is 0.360 e. The van der Waals surface area contributed by atoms with Gasteiger partial charge in [0, 0.05) is 17.3 Å². The van der Waals surface area contributed by atoms with Gasteiger partial charge in [-0.05, 0) is 32.0 Å². The number of hydrogen-bond acceptors (Lipinski definition) is 6. The average Bonchev–Trinajstić information content (AvgIpc) is 2.90. The fraction of sp³-hybridized carbons (Fsp3) is 0.500. The van der Waals surface area contributed by atoms with Crippen LogP contribution in [-0.4, -0.2) is 105 Å². The molecular weight excluding hydrogens is 779 g/mol. The largest absolute Gasteiger partial charge is 0.405 e. The Labute approximate surface area is 270 Å². The average molecular weight is 813 g/mol. The SMILES string of the molecule is C=C(c1cc(F)ccc1N=C(C(=N)Cl)N1CC2(CC(Oc3ccnc4c3CN([CH2][Pb])CC4)C2)C1)N(CC(F)(F)F)C(C)C. The van der Waals surface area contributed by atoms with Gasteiger partial charge in [-0.2, -0.15) is 13.2 Å². The summed E-state index contributed by atoms with van der Waals surface area (Å²) in [5.41, 5.74) is 2.63. The van der Waals surface area contributed by atoms with Crippen molar-refractivity contribution >= 4 is 59.8 Å². The fourth-order valence-corrected chi connectivity index (χ4v) is 7.41. The molecule has 3 heterocycles. The van der Waals surface area contributed by atoms with E-state index in [1.807, 2.05) is 17.2 Å². The minimum Gasteiger partial charge on any atom is -0.360 e. The predicted molar refractivity (Wildman–Crippen MR) is 161 cm³/mol. The number of rotatable bonds is 9. The Morgan fingerprint density at radius 3 is 2.65 bits per heavy atom. The number of likely N-dealkylation sites (tertiary alicyclic amines) is 1. The zero-order valence-corrected chi connectivity index (χ0v) is 28.8. The molecule has 1 saturated heterocycles. The van der Waals surface area contributed by atoms with Gasteiger partial charge in [-0.25, -0.2) is 9.38 Å². The van der Waals surface area contributed by atoms with E-state index in [2.05, 4.69) is 21.5 Å². The van der Waals surface area contributed by atoms with Crippen molar-refractivity contribution in [2.45, 2.75) is 58.0 Å². The first-order valence-corrected chi connectivity index (χ1v) is 17.3. The van der Waals surface area contributed by atoms with Crippen molar-refractivity contribution in [1.82, 2.24) is 19.7 Å². The Bertz CT molecular complexity index is 1420. The van der Waals surface area contributed by atoms with E-state index < -0.39 is 24.6 Å². The van der Waals surface area contributed by atoms with Crippen LogP contribution >= 0.6 is 11.6 Å². The van der Waals surface area contributed by atoms with E-state index in [0.29, 0.717) is 13.1 Å². The number of aliphatic imine (C=N–C) groups is 1. The van der Waals surface area contributed by atoms with Gasteiger partial charge in [0.2, 0.25) is 0 Å². The Kier molecular flexibility index (Phi) is 9.44. The van der Waals surface area contributed by atoms with Gasteiger partial charge in [0.05, 0.1) is 5.69 Å². The summed E-state index contributed by atoms with van der Waals surface area (Å²) in [5, 5.41) is 7.88. The summed E-state index contributed by atoms with van der Waals surface area (Å²) in [5.74, 6) is 0.475. The van der Waals surface area contributed by atoms with Crippen LogP contribution in [0.3, 0.4) is 0 Å². The Morgan fingerprint density at radius 2 is 2.02 bits per heavy atom. The topological polar surface area (TPSA) is 68.0 Å². The molecule has 1 saturated carbocycles. The molecule has 43 heavy (non-hydrogen) atoms. The Balaban J connectivity index is 1.28. The van der Waals surface area contributed by atoms with E-state index in [1.165, 1.54) is 17.7 Å². The third kappa shape index (κ3) is 7.19. The summed E-state index contributed by atoms with van der Waals surface area (Å²) >= 11 is 7.29. The van der Waals surface area contributed by atoms with Gasteiger partial charge in [-0.3, -0.25) is 5.41 Å². The number of benzene rings is 1. The van der Waals surface area contributed by atoms with Crippen LogP contribution < -0.4 is 4.74 Å². The predicted octanol–water partition coefficient (Wildman–Crippen LogP) is 5.74. The fourth-order valence-electron chi connectivity index (χ4n) is 6.20. The van der Waals surface area contributed by atoms with Gasteiger partial charge in [0.25, 0.3) is 0 Å². The summed E-state index contributed by atoms with van der Waals surface area (Å²) in [6.45, 7) is 8.98. The number of pyridine rings is 1. The van der Waals surface area contributed by atoms with E-state index in [1.54, 1.807) is 13.8 Å². The number of halogens is 5.